The number of carbonyl (C=O) groups is 1. The first-order chi connectivity index (χ1) is 11.6. The number of hydrogen-bond acceptors (Lipinski definition) is 4. The SMILES string of the molecule is COc1ccc(C)cc1C(=O)N1CCN(c2ccnc(C)c2)CC1. The molecule has 1 amide bonds. The Kier molecular flexibility index (Phi) is 4.69. The Balaban J connectivity index is 1.70. The minimum Gasteiger partial charge on any atom is -0.496 e. The lowest BCUT2D eigenvalue weighted by molar-refractivity contribution is 0.0743. The standard InChI is InChI=1S/C19H23N3O2/c1-14-4-5-18(24-3)17(12-14)19(23)22-10-8-21(9-11-22)16-6-7-20-15(2)13-16/h4-7,12-13H,8-11H2,1-3H3. The van der Waals surface area contributed by atoms with E-state index in [1.807, 2.05) is 49.2 Å². The van der Waals surface area contributed by atoms with Crippen LogP contribution in [0.4, 0.5) is 5.69 Å². The second-order valence-electron chi connectivity index (χ2n) is 6.14. The third kappa shape index (κ3) is 3.35. The van der Waals surface area contributed by atoms with Gasteiger partial charge in [-0.3, -0.25) is 9.78 Å². The van der Waals surface area contributed by atoms with Gasteiger partial charge in [0.15, 0.2) is 0 Å². The number of benzene rings is 1. The van der Waals surface area contributed by atoms with Crippen LogP contribution in [0.25, 0.3) is 0 Å². The van der Waals surface area contributed by atoms with Crippen molar-refractivity contribution in [2.45, 2.75) is 13.8 Å². The number of pyridine rings is 1. The molecular weight excluding hydrogens is 302 g/mol. The molecule has 1 aromatic heterocycles. The van der Waals surface area contributed by atoms with Crippen LogP contribution in [-0.4, -0.2) is 49.1 Å². The van der Waals surface area contributed by atoms with Crippen LogP contribution in [0.1, 0.15) is 21.6 Å². The van der Waals surface area contributed by atoms with Crippen molar-refractivity contribution in [3.8, 4) is 5.75 Å². The number of rotatable bonds is 3. The predicted octanol–water partition coefficient (Wildman–Crippen LogP) is 2.67. The van der Waals surface area contributed by atoms with Gasteiger partial charge in [-0.05, 0) is 38.1 Å². The molecule has 5 nitrogen and oxygen atoms in total. The first-order valence-electron chi connectivity index (χ1n) is 8.20. The lowest BCUT2D eigenvalue weighted by Crippen LogP contribution is -2.48. The highest BCUT2D eigenvalue weighted by molar-refractivity contribution is 5.97. The molecule has 3 rings (SSSR count). The Labute approximate surface area is 142 Å². The molecule has 1 aliphatic heterocycles. The van der Waals surface area contributed by atoms with E-state index in [2.05, 4.69) is 16.0 Å². The predicted molar refractivity (Wildman–Crippen MR) is 94.8 cm³/mol. The minimum absolute atomic E-state index is 0.0427. The third-order valence-electron chi connectivity index (χ3n) is 4.40. The second-order valence-corrected chi connectivity index (χ2v) is 6.14. The van der Waals surface area contributed by atoms with Crippen molar-refractivity contribution in [2.24, 2.45) is 0 Å². The number of anilines is 1. The summed E-state index contributed by atoms with van der Waals surface area (Å²) in [6.07, 6.45) is 1.83. The van der Waals surface area contributed by atoms with Crippen molar-refractivity contribution < 1.29 is 9.53 Å². The highest BCUT2D eigenvalue weighted by atomic mass is 16.5. The molecule has 1 aromatic carbocycles. The van der Waals surface area contributed by atoms with E-state index in [9.17, 15) is 4.79 Å². The quantitative estimate of drug-likeness (QED) is 0.870. The van der Waals surface area contributed by atoms with E-state index in [4.69, 9.17) is 4.74 Å². The molecule has 0 saturated carbocycles. The van der Waals surface area contributed by atoms with E-state index in [1.54, 1.807) is 7.11 Å². The van der Waals surface area contributed by atoms with Gasteiger partial charge in [-0.25, -0.2) is 0 Å². The fraction of sp³-hybridized carbons (Fsp3) is 0.368. The summed E-state index contributed by atoms with van der Waals surface area (Å²) in [5, 5.41) is 0. The third-order valence-corrected chi connectivity index (χ3v) is 4.40. The van der Waals surface area contributed by atoms with E-state index in [0.717, 1.165) is 24.3 Å². The van der Waals surface area contributed by atoms with Gasteiger partial charge in [-0.15, -0.1) is 0 Å². The Morgan fingerprint density at radius 1 is 1.08 bits per heavy atom. The molecule has 0 aliphatic carbocycles. The fourth-order valence-electron chi connectivity index (χ4n) is 3.05. The molecule has 1 aliphatic rings. The smallest absolute Gasteiger partial charge is 0.257 e. The molecule has 126 valence electrons. The Bertz CT molecular complexity index is 737. The molecular formula is C19H23N3O2. The van der Waals surface area contributed by atoms with Crippen LogP contribution in [0.15, 0.2) is 36.5 Å². The molecule has 0 bridgehead atoms. The number of piperazine rings is 1. The molecule has 5 heteroatoms. The van der Waals surface area contributed by atoms with Crippen LogP contribution < -0.4 is 9.64 Å². The zero-order chi connectivity index (χ0) is 17.1. The summed E-state index contributed by atoms with van der Waals surface area (Å²) in [4.78, 5) is 21.3. The van der Waals surface area contributed by atoms with Crippen molar-refractivity contribution in [3.63, 3.8) is 0 Å². The molecule has 0 N–H and O–H groups in total. The van der Waals surface area contributed by atoms with Crippen molar-refractivity contribution in [1.82, 2.24) is 9.88 Å². The Hall–Kier alpha value is -2.56. The van der Waals surface area contributed by atoms with Crippen LogP contribution in [0, 0.1) is 13.8 Å². The Morgan fingerprint density at radius 3 is 2.50 bits per heavy atom. The van der Waals surface area contributed by atoms with Crippen LogP contribution in [0.3, 0.4) is 0 Å². The lowest BCUT2D eigenvalue weighted by Gasteiger charge is -2.36. The molecule has 2 aromatic rings. The van der Waals surface area contributed by atoms with Crippen molar-refractivity contribution in [2.75, 3.05) is 38.2 Å². The van der Waals surface area contributed by atoms with Gasteiger partial charge >= 0.3 is 0 Å². The zero-order valence-electron chi connectivity index (χ0n) is 14.5. The maximum absolute atomic E-state index is 12.8. The number of aromatic nitrogens is 1. The number of amides is 1. The van der Waals surface area contributed by atoms with Crippen LogP contribution >= 0.6 is 0 Å². The summed E-state index contributed by atoms with van der Waals surface area (Å²) < 4.78 is 5.35. The fourth-order valence-corrected chi connectivity index (χ4v) is 3.05. The molecule has 0 spiro atoms. The van der Waals surface area contributed by atoms with Gasteiger partial charge in [-0.1, -0.05) is 11.6 Å². The summed E-state index contributed by atoms with van der Waals surface area (Å²) >= 11 is 0. The topological polar surface area (TPSA) is 45.7 Å². The van der Waals surface area contributed by atoms with Gasteiger partial charge in [0.25, 0.3) is 5.91 Å². The minimum atomic E-state index is 0.0427. The molecule has 1 fully saturated rings. The molecule has 24 heavy (non-hydrogen) atoms. The van der Waals surface area contributed by atoms with Gasteiger partial charge in [0.2, 0.25) is 0 Å². The zero-order valence-corrected chi connectivity index (χ0v) is 14.5. The van der Waals surface area contributed by atoms with Crippen molar-refractivity contribution in [3.05, 3.63) is 53.3 Å². The average molecular weight is 325 g/mol. The number of carbonyl (C=O) groups excluding carboxylic acids is 1. The molecule has 1 saturated heterocycles. The van der Waals surface area contributed by atoms with Gasteiger partial charge < -0.3 is 14.5 Å². The molecule has 0 radical (unpaired) electrons. The number of ether oxygens (including phenoxy) is 1. The second kappa shape index (κ2) is 6.91. The Morgan fingerprint density at radius 2 is 1.83 bits per heavy atom. The van der Waals surface area contributed by atoms with Crippen LogP contribution in [0.5, 0.6) is 5.75 Å². The van der Waals surface area contributed by atoms with Gasteiger partial charge in [0.1, 0.15) is 5.75 Å². The normalized spacial score (nSPS) is 14.6. The van der Waals surface area contributed by atoms with E-state index < -0.39 is 0 Å². The van der Waals surface area contributed by atoms with Crippen LogP contribution in [-0.2, 0) is 0 Å². The summed E-state index contributed by atoms with van der Waals surface area (Å²) in [6.45, 7) is 7.04. The van der Waals surface area contributed by atoms with Gasteiger partial charge in [0.05, 0.1) is 12.7 Å². The van der Waals surface area contributed by atoms with E-state index in [1.165, 1.54) is 5.69 Å². The van der Waals surface area contributed by atoms with Gasteiger partial charge in [-0.2, -0.15) is 0 Å². The number of hydrogen-bond donors (Lipinski definition) is 0. The number of nitrogens with zero attached hydrogens (tertiary/aromatic N) is 3. The van der Waals surface area contributed by atoms with Crippen molar-refractivity contribution >= 4 is 11.6 Å². The largest absolute Gasteiger partial charge is 0.496 e. The summed E-state index contributed by atoms with van der Waals surface area (Å²) in [7, 11) is 1.60. The maximum atomic E-state index is 12.8. The summed E-state index contributed by atoms with van der Waals surface area (Å²) in [5.41, 5.74) is 3.88. The van der Waals surface area contributed by atoms with E-state index in [0.29, 0.717) is 24.4 Å². The maximum Gasteiger partial charge on any atom is 0.257 e. The molecule has 0 unspecified atom stereocenters. The van der Waals surface area contributed by atoms with E-state index >= 15 is 0 Å². The monoisotopic (exact) mass is 325 g/mol. The number of methoxy groups -OCH3 is 1. The first-order valence-corrected chi connectivity index (χ1v) is 8.20. The number of aryl methyl sites for hydroxylation is 2. The highest BCUT2D eigenvalue weighted by Crippen LogP contribution is 2.23. The highest BCUT2D eigenvalue weighted by Gasteiger charge is 2.24. The summed E-state index contributed by atoms with van der Waals surface area (Å²) in [5.74, 6) is 0.680. The average Bonchev–Trinajstić information content (AvgIpc) is 2.61. The molecule has 0 atom stereocenters. The lowest BCUT2D eigenvalue weighted by atomic mass is 10.1. The molecule has 2 heterocycles. The van der Waals surface area contributed by atoms with E-state index in [-0.39, 0.29) is 5.91 Å². The van der Waals surface area contributed by atoms with Crippen LogP contribution in [0.2, 0.25) is 0 Å². The van der Waals surface area contributed by atoms with Gasteiger partial charge in [0, 0.05) is 43.8 Å². The summed E-state index contributed by atoms with van der Waals surface area (Å²) in [6, 6.07) is 9.83. The van der Waals surface area contributed by atoms with Crippen molar-refractivity contribution in [1.29, 1.82) is 0 Å². The first kappa shape index (κ1) is 16.3.